The smallest absolute Gasteiger partial charge is 0.223 e. The SMILES string of the molecule is CC(CNC(=O)C1CCNCC1)Oc1cccc(Br)c1.Cl. The summed E-state index contributed by atoms with van der Waals surface area (Å²) < 4.78 is 6.76. The zero-order valence-corrected chi connectivity index (χ0v) is 14.5. The number of amides is 1. The van der Waals surface area contributed by atoms with Gasteiger partial charge < -0.3 is 15.4 Å². The minimum absolute atomic E-state index is 0. The average Bonchev–Trinajstić information content (AvgIpc) is 2.46. The highest BCUT2D eigenvalue weighted by molar-refractivity contribution is 9.10. The third-order valence-corrected chi connectivity index (χ3v) is 3.90. The molecule has 0 spiro atoms. The van der Waals surface area contributed by atoms with Crippen LogP contribution in [-0.2, 0) is 4.79 Å². The Hall–Kier alpha value is -0.780. The summed E-state index contributed by atoms with van der Waals surface area (Å²) in [6.45, 7) is 4.36. The summed E-state index contributed by atoms with van der Waals surface area (Å²) >= 11 is 3.41. The minimum atomic E-state index is -0.0463. The van der Waals surface area contributed by atoms with Gasteiger partial charge in [0.1, 0.15) is 11.9 Å². The van der Waals surface area contributed by atoms with Gasteiger partial charge in [0.15, 0.2) is 0 Å². The number of rotatable bonds is 5. The molecule has 6 heteroatoms. The van der Waals surface area contributed by atoms with E-state index < -0.39 is 0 Å². The highest BCUT2D eigenvalue weighted by atomic mass is 79.9. The third kappa shape index (κ3) is 6.24. The molecule has 2 rings (SSSR count). The highest BCUT2D eigenvalue weighted by Crippen LogP contribution is 2.18. The maximum atomic E-state index is 12.0. The number of carbonyl (C=O) groups excluding carboxylic acids is 1. The first-order valence-electron chi connectivity index (χ1n) is 7.06. The lowest BCUT2D eigenvalue weighted by molar-refractivity contribution is -0.126. The molecule has 1 fully saturated rings. The second-order valence-electron chi connectivity index (χ2n) is 5.16. The molecule has 21 heavy (non-hydrogen) atoms. The van der Waals surface area contributed by atoms with E-state index in [1.165, 1.54) is 0 Å². The number of hydrogen-bond donors (Lipinski definition) is 2. The Morgan fingerprint density at radius 3 is 2.86 bits per heavy atom. The van der Waals surface area contributed by atoms with Crippen molar-refractivity contribution in [1.29, 1.82) is 0 Å². The fraction of sp³-hybridized carbons (Fsp3) is 0.533. The fourth-order valence-electron chi connectivity index (χ4n) is 2.29. The maximum Gasteiger partial charge on any atom is 0.223 e. The van der Waals surface area contributed by atoms with Crippen molar-refractivity contribution in [3.63, 3.8) is 0 Å². The molecule has 1 aliphatic heterocycles. The number of piperidine rings is 1. The van der Waals surface area contributed by atoms with Crippen LogP contribution in [0.15, 0.2) is 28.7 Å². The predicted molar refractivity (Wildman–Crippen MR) is 90.1 cm³/mol. The lowest BCUT2D eigenvalue weighted by Crippen LogP contribution is -2.41. The van der Waals surface area contributed by atoms with E-state index >= 15 is 0 Å². The van der Waals surface area contributed by atoms with E-state index in [1.54, 1.807) is 0 Å². The molecule has 1 aliphatic rings. The molecule has 4 nitrogen and oxygen atoms in total. The van der Waals surface area contributed by atoms with Gasteiger partial charge >= 0.3 is 0 Å². The molecule has 0 aromatic heterocycles. The minimum Gasteiger partial charge on any atom is -0.489 e. The van der Waals surface area contributed by atoms with Gasteiger partial charge in [-0.3, -0.25) is 4.79 Å². The Labute approximate surface area is 140 Å². The summed E-state index contributed by atoms with van der Waals surface area (Å²) in [6, 6.07) is 7.72. The van der Waals surface area contributed by atoms with Crippen molar-refractivity contribution >= 4 is 34.2 Å². The summed E-state index contributed by atoms with van der Waals surface area (Å²) in [7, 11) is 0. The third-order valence-electron chi connectivity index (χ3n) is 3.41. The van der Waals surface area contributed by atoms with E-state index in [0.29, 0.717) is 6.54 Å². The number of nitrogens with one attached hydrogen (secondary N) is 2. The number of halogens is 2. The monoisotopic (exact) mass is 376 g/mol. The Kier molecular flexibility index (Phi) is 8.07. The Morgan fingerprint density at radius 1 is 1.48 bits per heavy atom. The molecule has 1 unspecified atom stereocenters. The number of ether oxygens (including phenoxy) is 1. The van der Waals surface area contributed by atoms with Crippen molar-refractivity contribution in [3.8, 4) is 5.75 Å². The molecule has 1 saturated heterocycles. The van der Waals surface area contributed by atoms with Gasteiger partial charge in [-0.1, -0.05) is 22.0 Å². The van der Waals surface area contributed by atoms with Crippen LogP contribution in [0.3, 0.4) is 0 Å². The van der Waals surface area contributed by atoms with Crippen molar-refractivity contribution in [2.75, 3.05) is 19.6 Å². The Balaban J connectivity index is 0.00000220. The molecule has 1 amide bonds. The van der Waals surface area contributed by atoms with E-state index in [1.807, 2.05) is 31.2 Å². The van der Waals surface area contributed by atoms with Crippen LogP contribution >= 0.6 is 28.3 Å². The molecule has 118 valence electrons. The topological polar surface area (TPSA) is 50.4 Å². The molecule has 2 N–H and O–H groups in total. The molecule has 1 atom stereocenters. The summed E-state index contributed by atoms with van der Waals surface area (Å²) in [4.78, 5) is 12.0. The predicted octanol–water partition coefficient (Wildman–Crippen LogP) is 2.75. The Bertz CT molecular complexity index is 453. The first kappa shape index (κ1) is 18.3. The molecule has 0 saturated carbocycles. The van der Waals surface area contributed by atoms with E-state index in [4.69, 9.17) is 4.74 Å². The van der Waals surface area contributed by atoms with Gasteiger partial charge in [-0.2, -0.15) is 0 Å². The summed E-state index contributed by atoms with van der Waals surface area (Å²) in [5.74, 6) is 1.11. The normalized spacial score (nSPS) is 16.7. The summed E-state index contributed by atoms with van der Waals surface area (Å²) in [6.07, 6.45) is 1.80. The van der Waals surface area contributed by atoms with Gasteiger partial charge in [0.2, 0.25) is 5.91 Å². The summed E-state index contributed by atoms with van der Waals surface area (Å²) in [5, 5.41) is 6.25. The van der Waals surface area contributed by atoms with Gasteiger partial charge in [0.25, 0.3) is 0 Å². The molecular formula is C15H22BrClN2O2. The summed E-state index contributed by atoms with van der Waals surface area (Å²) in [5.41, 5.74) is 0. The molecule has 1 aromatic rings. The zero-order valence-electron chi connectivity index (χ0n) is 12.1. The van der Waals surface area contributed by atoms with Crippen LogP contribution in [-0.4, -0.2) is 31.6 Å². The first-order valence-corrected chi connectivity index (χ1v) is 7.85. The van der Waals surface area contributed by atoms with E-state index in [9.17, 15) is 4.79 Å². The average molecular weight is 378 g/mol. The zero-order chi connectivity index (χ0) is 14.4. The van der Waals surface area contributed by atoms with Gasteiger partial charge in [-0.25, -0.2) is 0 Å². The van der Waals surface area contributed by atoms with E-state index in [0.717, 1.165) is 36.2 Å². The van der Waals surface area contributed by atoms with Crippen LogP contribution in [0.4, 0.5) is 0 Å². The second-order valence-corrected chi connectivity index (χ2v) is 6.07. The molecular weight excluding hydrogens is 356 g/mol. The van der Waals surface area contributed by atoms with Crippen LogP contribution in [0, 0.1) is 5.92 Å². The van der Waals surface area contributed by atoms with Gasteiger partial charge in [-0.05, 0) is 51.1 Å². The first-order chi connectivity index (χ1) is 9.65. The number of hydrogen-bond acceptors (Lipinski definition) is 3. The molecule has 0 aliphatic carbocycles. The van der Waals surface area contributed by atoms with Crippen LogP contribution in [0.2, 0.25) is 0 Å². The highest BCUT2D eigenvalue weighted by Gasteiger charge is 2.21. The maximum absolute atomic E-state index is 12.0. The molecule has 1 aromatic carbocycles. The molecule has 0 radical (unpaired) electrons. The van der Waals surface area contributed by atoms with Crippen LogP contribution < -0.4 is 15.4 Å². The standard InChI is InChI=1S/C15H21BrN2O2.ClH/c1-11(20-14-4-2-3-13(16)9-14)10-18-15(19)12-5-7-17-8-6-12;/h2-4,9,11-12,17H,5-8,10H2,1H3,(H,18,19);1H. The second kappa shape index (κ2) is 9.28. The molecule has 0 bridgehead atoms. The van der Waals surface area contributed by atoms with Crippen molar-refractivity contribution in [1.82, 2.24) is 10.6 Å². The lowest BCUT2D eigenvalue weighted by atomic mass is 9.97. The van der Waals surface area contributed by atoms with Gasteiger partial charge in [-0.15, -0.1) is 12.4 Å². The van der Waals surface area contributed by atoms with Crippen LogP contribution in [0.1, 0.15) is 19.8 Å². The number of carbonyl (C=O) groups is 1. The quantitative estimate of drug-likeness (QED) is 0.829. The van der Waals surface area contributed by atoms with E-state index in [2.05, 4.69) is 26.6 Å². The van der Waals surface area contributed by atoms with E-state index in [-0.39, 0.29) is 30.3 Å². The van der Waals surface area contributed by atoms with Gasteiger partial charge in [0, 0.05) is 10.4 Å². The van der Waals surface area contributed by atoms with Crippen molar-refractivity contribution in [2.45, 2.75) is 25.9 Å². The van der Waals surface area contributed by atoms with Gasteiger partial charge in [0.05, 0.1) is 6.54 Å². The number of benzene rings is 1. The van der Waals surface area contributed by atoms with Crippen molar-refractivity contribution in [3.05, 3.63) is 28.7 Å². The van der Waals surface area contributed by atoms with Crippen molar-refractivity contribution < 1.29 is 9.53 Å². The fourth-order valence-corrected chi connectivity index (χ4v) is 2.67. The van der Waals surface area contributed by atoms with Crippen LogP contribution in [0.25, 0.3) is 0 Å². The van der Waals surface area contributed by atoms with Crippen LogP contribution in [0.5, 0.6) is 5.75 Å². The molecule has 1 heterocycles. The largest absolute Gasteiger partial charge is 0.489 e. The Morgan fingerprint density at radius 2 is 2.19 bits per heavy atom. The van der Waals surface area contributed by atoms with Crippen molar-refractivity contribution in [2.24, 2.45) is 5.92 Å². The lowest BCUT2D eigenvalue weighted by Gasteiger charge is -2.23.